The summed E-state index contributed by atoms with van der Waals surface area (Å²) < 4.78 is 11.0. The summed E-state index contributed by atoms with van der Waals surface area (Å²) in [6.45, 7) is 3.84. The van der Waals surface area contributed by atoms with E-state index in [1.165, 1.54) is 0 Å². The van der Waals surface area contributed by atoms with Gasteiger partial charge in [-0.1, -0.05) is 0 Å². The summed E-state index contributed by atoms with van der Waals surface area (Å²) >= 11 is 0. The first-order chi connectivity index (χ1) is 9.70. The van der Waals surface area contributed by atoms with Crippen LogP contribution in [0.3, 0.4) is 0 Å². The maximum Gasteiger partial charge on any atom is 0.322 e. The highest BCUT2D eigenvalue weighted by Crippen LogP contribution is 2.24. The summed E-state index contributed by atoms with van der Waals surface area (Å²) in [5, 5.41) is 0. The Morgan fingerprint density at radius 1 is 0.950 bits per heavy atom. The number of nitrogens with zero attached hydrogens (tertiary/aromatic N) is 2. The quantitative estimate of drug-likeness (QED) is 0.714. The summed E-state index contributed by atoms with van der Waals surface area (Å²) in [7, 11) is 0. The fourth-order valence-corrected chi connectivity index (χ4v) is 1.97. The van der Waals surface area contributed by atoms with Gasteiger partial charge in [-0.15, -0.1) is 0 Å². The molecule has 0 fully saturated rings. The summed E-state index contributed by atoms with van der Waals surface area (Å²) in [5.41, 5.74) is 2.78. The number of benzene rings is 1. The van der Waals surface area contributed by atoms with Crippen LogP contribution in [0, 0.1) is 13.8 Å². The second-order valence-electron chi connectivity index (χ2n) is 4.54. The van der Waals surface area contributed by atoms with Crippen LogP contribution in [0.5, 0.6) is 11.8 Å². The van der Waals surface area contributed by atoms with Crippen molar-refractivity contribution in [3.63, 3.8) is 0 Å². The van der Waals surface area contributed by atoms with Crippen molar-refractivity contribution in [1.82, 2.24) is 9.97 Å². The molecule has 0 aliphatic rings. The molecule has 0 amide bonds. The molecule has 3 rings (SSSR count). The zero-order chi connectivity index (χ0) is 13.9. The first kappa shape index (κ1) is 12.4. The van der Waals surface area contributed by atoms with E-state index < -0.39 is 0 Å². The minimum absolute atomic E-state index is 0.369. The Hall–Kier alpha value is -2.62. The van der Waals surface area contributed by atoms with Crippen LogP contribution in [0.15, 0.2) is 53.1 Å². The summed E-state index contributed by atoms with van der Waals surface area (Å²) in [6.07, 6.45) is 1.66. The molecule has 0 radical (unpaired) electrons. The fraction of sp³-hybridized carbons (Fsp3) is 0.125. The lowest BCUT2D eigenvalue weighted by Crippen LogP contribution is -1.95. The monoisotopic (exact) mass is 266 g/mol. The Morgan fingerprint density at radius 2 is 1.65 bits per heavy atom. The molecule has 0 bridgehead atoms. The van der Waals surface area contributed by atoms with Gasteiger partial charge in [0, 0.05) is 17.0 Å². The molecule has 0 aliphatic heterocycles. The number of aryl methyl sites for hydroxylation is 2. The number of aromatic nitrogens is 2. The average molecular weight is 266 g/mol. The molecule has 4 heteroatoms. The molecule has 2 heterocycles. The Kier molecular flexibility index (Phi) is 3.21. The lowest BCUT2D eigenvalue weighted by molar-refractivity contribution is 0.439. The normalized spacial score (nSPS) is 10.5. The van der Waals surface area contributed by atoms with Gasteiger partial charge in [-0.2, -0.15) is 0 Å². The van der Waals surface area contributed by atoms with Crippen molar-refractivity contribution in [1.29, 1.82) is 0 Å². The molecule has 0 atom stereocenters. The molecule has 2 aromatic heterocycles. The van der Waals surface area contributed by atoms with Crippen molar-refractivity contribution in [3.05, 3.63) is 60.1 Å². The third kappa shape index (κ3) is 2.69. The summed E-state index contributed by atoms with van der Waals surface area (Å²) in [4.78, 5) is 8.50. The maximum absolute atomic E-state index is 5.66. The van der Waals surface area contributed by atoms with Crippen LogP contribution in [-0.4, -0.2) is 9.97 Å². The largest absolute Gasteiger partial charge is 0.464 e. The van der Waals surface area contributed by atoms with Gasteiger partial charge in [0.2, 0.25) is 0 Å². The predicted molar refractivity (Wildman–Crippen MR) is 75.7 cm³/mol. The molecule has 20 heavy (non-hydrogen) atoms. The van der Waals surface area contributed by atoms with Crippen LogP contribution in [0.4, 0.5) is 0 Å². The van der Waals surface area contributed by atoms with Crippen molar-refractivity contribution in [2.24, 2.45) is 0 Å². The van der Waals surface area contributed by atoms with Crippen molar-refractivity contribution in [2.75, 3.05) is 0 Å². The molecule has 3 aromatic rings. The van der Waals surface area contributed by atoms with E-state index >= 15 is 0 Å². The first-order valence-electron chi connectivity index (χ1n) is 6.35. The van der Waals surface area contributed by atoms with Gasteiger partial charge in [-0.05, 0) is 56.3 Å². The zero-order valence-corrected chi connectivity index (χ0v) is 11.3. The number of rotatable bonds is 3. The fourth-order valence-electron chi connectivity index (χ4n) is 1.97. The van der Waals surface area contributed by atoms with Crippen LogP contribution < -0.4 is 4.74 Å². The number of furan rings is 1. The van der Waals surface area contributed by atoms with Gasteiger partial charge in [0.05, 0.1) is 6.26 Å². The molecule has 0 N–H and O–H groups in total. The molecular formula is C16H14N2O2. The van der Waals surface area contributed by atoms with E-state index in [1.807, 2.05) is 56.3 Å². The molecular weight excluding hydrogens is 252 g/mol. The Balaban J connectivity index is 1.81. The van der Waals surface area contributed by atoms with Gasteiger partial charge in [-0.3, -0.25) is 0 Å². The third-order valence-corrected chi connectivity index (χ3v) is 2.83. The minimum atomic E-state index is 0.369. The molecule has 0 saturated heterocycles. The van der Waals surface area contributed by atoms with E-state index in [4.69, 9.17) is 9.15 Å². The van der Waals surface area contributed by atoms with Gasteiger partial charge in [0.25, 0.3) is 0 Å². The van der Waals surface area contributed by atoms with Crippen molar-refractivity contribution in [2.45, 2.75) is 13.8 Å². The second kappa shape index (κ2) is 5.17. The first-order valence-corrected chi connectivity index (χ1v) is 6.35. The molecule has 0 aliphatic carbocycles. The van der Waals surface area contributed by atoms with Crippen molar-refractivity contribution in [3.8, 4) is 23.1 Å². The van der Waals surface area contributed by atoms with E-state index in [0.717, 1.165) is 22.7 Å². The smallest absolute Gasteiger partial charge is 0.322 e. The van der Waals surface area contributed by atoms with Crippen LogP contribution in [0.1, 0.15) is 11.4 Å². The second-order valence-corrected chi connectivity index (χ2v) is 4.54. The maximum atomic E-state index is 5.66. The van der Waals surface area contributed by atoms with E-state index in [9.17, 15) is 0 Å². The van der Waals surface area contributed by atoms with Crippen LogP contribution >= 0.6 is 0 Å². The third-order valence-electron chi connectivity index (χ3n) is 2.83. The van der Waals surface area contributed by atoms with Crippen molar-refractivity contribution < 1.29 is 9.15 Å². The molecule has 0 saturated carbocycles. The van der Waals surface area contributed by atoms with E-state index in [1.54, 1.807) is 6.26 Å². The number of hydrogen-bond acceptors (Lipinski definition) is 4. The van der Waals surface area contributed by atoms with E-state index in [0.29, 0.717) is 11.8 Å². The van der Waals surface area contributed by atoms with Gasteiger partial charge in [0.1, 0.15) is 11.5 Å². The lowest BCUT2D eigenvalue weighted by atomic mass is 10.2. The van der Waals surface area contributed by atoms with Gasteiger partial charge >= 0.3 is 6.01 Å². The molecule has 0 spiro atoms. The van der Waals surface area contributed by atoms with Crippen LogP contribution in [0.25, 0.3) is 11.3 Å². The number of ether oxygens (including phenoxy) is 1. The highest BCUT2D eigenvalue weighted by Gasteiger charge is 2.04. The van der Waals surface area contributed by atoms with Gasteiger partial charge in [-0.25, -0.2) is 9.97 Å². The predicted octanol–water partition coefficient (Wildman–Crippen LogP) is 4.15. The van der Waals surface area contributed by atoms with Crippen LogP contribution in [-0.2, 0) is 0 Å². The highest BCUT2D eigenvalue weighted by molar-refractivity contribution is 5.58. The molecule has 4 nitrogen and oxygen atoms in total. The summed E-state index contributed by atoms with van der Waals surface area (Å²) in [6, 6.07) is 13.7. The van der Waals surface area contributed by atoms with Crippen molar-refractivity contribution >= 4 is 0 Å². The SMILES string of the molecule is Cc1cc(C)nc(Oc2ccc(-c3ccco3)cc2)n1. The minimum Gasteiger partial charge on any atom is -0.464 e. The average Bonchev–Trinajstić information content (AvgIpc) is 2.92. The molecule has 1 aromatic carbocycles. The molecule has 100 valence electrons. The van der Waals surface area contributed by atoms with Crippen LogP contribution in [0.2, 0.25) is 0 Å². The standard InChI is InChI=1S/C16H14N2O2/c1-11-10-12(2)18-16(17-11)20-14-7-5-13(6-8-14)15-4-3-9-19-15/h3-10H,1-2H3. The number of hydrogen-bond donors (Lipinski definition) is 0. The molecule has 0 unspecified atom stereocenters. The highest BCUT2D eigenvalue weighted by atomic mass is 16.5. The Morgan fingerprint density at radius 3 is 2.25 bits per heavy atom. The van der Waals surface area contributed by atoms with Gasteiger partial charge in [0.15, 0.2) is 0 Å². The lowest BCUT2D eigenvalue weighted by Gasteiger charge is -2.06. The Bertz CT molecular complexity index is 684. The van der Waals surface area contributed by atoms with Gasteiger partial charge < -0.3 is 9.15 Å². The Labute approximate surface area is 117 Å². The topological polar surface area (TPSA) is 48.2 Å². The summed E-state index contributed by atoms with van der Waals surface area (Å²) in [5.74, 6) is 1.53. The van der Waals surface area contributed by atoms with E-state index in [-0.39, 0.29) is 0 Å². The van der Waals surface area contributed by atoms with E-state index in [2.05, 4.69) is 9.97 Å². The zero-order valence-electron chi connectivity index (χ0n) is 11.3.